The maximum atomic E-state index is 9.52. The van der Waals surface area contributed by atoms with Crippen molar-refractivity contribution in [2.45, 2.75) is 57.0 Å². The monoisotopic (exact) mass is 279 g/mol. The minimum atomic E-state index is -0.260. The van der Waals surface area contributed by atoms with Crippen LogP contribution in [0.2, 0.25) is 0 Å². The van der Waals surface area contributed by atoms with E-state index in [1.807, 2.05) is 0 Å². The second-order valence-electron chi connectivity index (χ2n) is 6.45. The molecule has 2 atom stereocenters. The van der Waals surface area contributed by atoms with Crippen molar-refractivity contribution in [3.8, 4) is 6.07 Å². The third kappa shape index (κ3) is 3.72. The smallest absolute Gasteiger partial charge is 0.108 e. The van der Waals surface area contributed by atoms with Crippen LogP contribution in [0.15, 0.2) is 0 Å². The summed E-state index contributed by atoms with van der Waals surface area (Å²) in [4.78, 5) is 2.61. The summed E-state index contributed by atoms with van der Waals surface area (Å²) in [7, 11) is 1.80. The molecule has 0 bridgehead atoms. The first-order chi connectivity index (χ1) is 9.73. The van der Waals surface area contributed by atoms with E-state index in [-0.39, 0.29) is 5.54 Å². The highest BCUT2D eigenvalue weighted by molar-refractivity contribution is 5.13. The molecule has 20 heavy (non-hydrogen) atoms. The van der Waals surface area contributed by atoms with E-state index in [0.717, 1.165) is 38.3 Å². The van der Waals surface area contributed by atoms with Gasteiger partial charge in [-0.2, -0.15) is 5.26 Å². The zero-order valence-corrected chi connectivity index (χ0v) is 13.0. The van der Waals surface area contributed by atoms with Gasteiger partial charge in [0.25, 0.3) is 0 Å². The molecule has 0 radical (unpaired) electrons. The summed E-state index contributed by atoms with van der Waals surface area (Å²) < 4.78 is 5.27. The molecule has 2 aliphatic rings. The predicted octanol–water partition coefficient (Wildman–Crippen LogP) is 2.16. The lowest BCUT2D eigenvalue weighted by atomic mass is 9.95. The SMILES string of the molecule is CCCNC1(C#N)CCC(N2CCC(COC)CC2)C1. The minimum absolute atomic E-state index is 0.260. The van der Waals surface area contributed by atoms with Crippen LogP contribution in [0.1, 0.15) is 45.4 Å². The van der Waals surface area contributed by atoms with Crippen LogP contribution in [-0.2, 0) is 4.74 Å². The molecule has 1 N–H and O–H groups in total. The summed E-state index contributed by atoms with van der Waals surface area (Å²) in [5.41, 5.74) is -0.260. The fraction of sp³-hybridized carbons (Fsp3) is 0.938. The predicted molar refractivity (Wildman–Crippen MR) is 80.4 cm³/mol. The second-order valence-corrected chi connectivity index (χ2v) is 6.45. The van der Waals surface area contributed by atoms with E-state index in [0.29, 0.717) is 6.04 Å². The van der Waals surface area contributed by atoms with Crippen LogP contribution in [0.5, 0.6) is 0 Å². The van der Waals surface area contributed by atoms with Gasteiger partial charge in [0.2, 0.25) is 0 Å². The number of methoxy groups -OCH3 is 1. The number of nitrogens with one attached hydrogen (secondary N) is 1. The number of likely N-dealkylation sites (tertiary alicyclic amines) is 1. The number of rotatable bonds is 6. The molecule has 1 heterocycles. The maximum Gasteiger partial charge on any atom is 0.108 e. The zero-order valence-electron chi connectivity index (χ0n) is 13.0. The number of ether oxygens (including phenoxy) is 1. The number of nitriles is 1. The molecule has 2 fully saturated rings. The molecule has 1 aliphatic heterocycles. The summed E-state index contributed by atoms with van der Waals surface area (Å²) in [5, 5.41) is 13.0. The summed E-state index contributed by atoms with van der Waals surface area (Å²) in [5.74, 6) is 0.733. The van der Waals surface area contributed by atoms with Crippen molar-refractivity contribution >= 4 is 0 Å². The molecule has 0 amide bonds. The first-order valence-corrected chi connectivity index (χ1v) is 8.12. The standard InChI is InChI=1S/C16H29N3O/c1-3-8-18-16(13-17)7-4-15(11-16)19-9-5-14(6-10-19)12-20-2/h14-15,18H,3-12H2,1-2H3. The Bertz CT molecular complexity index is 333. The average molecular weight is 279 g/mol. The third-order valence-electron chi connectivity index (χ3n) is 4.98. The molecule has 0 aromatic heterocycles. The van der Waals surface area contributed by atoms with Crippen LogP contribution in [0.25, 0.3) is 0 Å². The molecule has 0 spiro atoms. The van der Waals surface area contributed by atoms with Crippen molar-refractivity contribution in [1.82, 2.24) is 10.2 Å². The Labute approximate surface area is 123 Å². The van der Waals surface area contributed by atoms with E-state index in [1.54, 1.807) is 7.11 Å². The first kappa shape index (κ1) is 15.8. The molecular weight excluding hydrogens is 250 g/mol. The van der Waals surface area contributed by atoms with E-state index in [1.165, 1.54) is 32.4 Å². The lowest BCUT2D eigenvalue weighted by Gasteiger charge is -2.36. The normalized spacial score (nSPS) is 32.4. The fourth-order valence-electron chi connectivity index (χ4n) is 3.72. The molecule has 1 saturated carbocycles. The van der Waals surface area contributed by atoms with E-state index >= 15 is 0 Å². The Morgan fingerprint density at radius 1 is 1.35 bits per heavy atom. The maximum absolute atomic E-state index is 9.52. The number of piperidine rings is 1. The Morgan fingerprint density at radius 2 is 2.10 bits per heavy atom. The summed E-state index contributed by atoms with van der Waals surface area (Å²) >= 11 is 0. The van der Waals surface area contributed by atoms with Gasteiger partial charge in [0.1, 0.15) is 5.54 Å². The summed E-state index contributed by atoms with van der Waals surface area (Å²) in [6.45, 7) is 6.36. The average Bonchev–Trinajstić information content (AvgIpc) is 2.91. The summed E-state index contributed by atoms with van der Waals surface area (Å²) in [6.07, 6.45) is 6.75. The number of hydrogen-bond donors (Lipinski definition) is 1. The van der Waals surface area contributed by atoms with Crippen LogP contribution in [0.4, 0.5) is 0 Å². The van der Waals surface area contributed by atoms with Crippen molar-refractivity contribution < 1.29 is 4.74 Å². The Balaban J connectivity index is 1.82. The van der Waals surface area contributed by atoms with Gasteiger partial charge >= 0.3 is 0 Å². The van der Waals surface area contributed by atoms with Gasteiger partial charge in [-0.3, -0.25) is 5.32 Å². The van der Waals surface area contributed by atoms with Crippen molar-refractivity contribution in [3.05, 3.63) is 0 Å². The molecule has 0 aromatic carbocycles. The van der Waals surface area contributed by atoms with Crippen LogP contribution in [0, 0.1) is 17.2 Å². The third-order valence-corrected chi connectivity index (χ3v) is 4.98. The molecule has 4 heteroatoms. The highest BCUT2D eigenvalue weighted by Crippen LogP contribution is 2.34. The van der Waals surface area contributed by atoms with E-state index in [2.05, 4.69) is 23.2 Å². The van der Waals surface area contributed by atoms with Gasteiger partial charge in [-0.05, 0) is 64.1 Å². The van der Waals surface area contributed by atoms with Gasteiger partial charge in [-0.1, -0.05) is 6.92 Å². The van der Waals surface area contributed by atoms with Crippen LogP contribution >= 0.6 is 0 Å². The molecule has 2 unspecified atom stereocenters. The van der Waals surface area contributed by atoms with Crippen molar-refractivity contribution in [2.24, 2.45) is 5.92 Å². The highest BCUT2D eigenvalue weighted by atomic mass is 16.5. The van der Waals surface area contributed by atoms with E-state index in [4.69, 9.17) is 4.74 Å². The van der Waals surface area contributed by atoms with Crippen molar-refractivity contribution in [1.29, 1.82) is 5.26 Å². The fourth-order valence-corrected chi connectivity index (χ4v) is 3.72. The van der Waals surface area contributed by atoms with Crippen LogP contribution in [-0.4, -0.2) is 49.8 Å². The Kier molecular flexibility index (Phi) is 5.83. The summed E-state index contributed by atoms with van der Waals surface area (Å²) in [6, 6.07) is 3.15. The van der Waals surface area contributed by atoms with Crippen LogP contribution < -0.4 is 5.32 Å². The lowest BCUT2D eigenvalue weighted by Crippen LogP contribution is -2.46. The molecular formula is C16H29N3O. The van der Waals surface area contributed by atoms with Gasteiger partial charge < -0.3 is 9.64 Å². The number of hydrogen-bond acceptors (Lipinski definition) is 4. The van der Waals surface area contributed by atoms with Crippen LogP contribution in [0.3, 0.4) is 0 Å². The first-order valence-electron chi connectivity index (χ1n) is 8.12. The molecule has 1 saturated heterocycles. The van der Waals surface area contributed by atoms with E-state index < -0.39 is 0 Å². The molecule has 2 rings (SSSR count). The number of nitrogens with zero attached hydrogens (tertiary/aromatic N) is 2. The Morgan fingerprint density at radius 3 is 2.70 bits per heavy atom. The molecule has 0 aromatic rings. The minimum Gasteiger partial charge on any atom is -0.384 e. The van der Waals surface area contributed by atoms with Gasteiger partial charge in [-0.15, -0.1) is 0 Å². The topological polar surface area (TPSA) is 48.3 Å². The molecule has 114 valence electrons. The van der Waals surface area contributed by atoms with Gasteiger partial charge in [0, 0.05) is 19.8 Å². The van der Waals surface area contributed by atoms with Gasteiger partial charge in [0.05, 0.1) is 6.07 Å². The lowest BCUT2D eigenvalue weighted by molar-refractivity contribution is 0.0794. The van der Waals surface area contributed by atoms with Crippen molar-refractivity contribution in [3.63, 3.8) is 0 Å². The largest absolute Gasteiger partial charge is 0.384 e. The molecule has 1 aliphatic carbocycles. The quantitative estimate of drug-likeness (QED) is 0.809. The van der Waals surface area contributed by atoms with Crippen molar-refractivity contribution in [2.75, 3.05) is 33.4 Å². The highest BCUT2D eigenvalue weighted by Gasteiger charge is 2.41. The Hall–Kier alpha value is -0.630. The second kappa shape index (κ2) is 7.40. The molecule has 4 nitrogen and oxygen atoms in total. The van der Waals surface area contributed by atoms with Gasteiger partial charge in [0.15, 0.2) is 0 Å². The van der Waals surface area contributed by atoms with E-state index in [9.17, 15) is 5.26 Å². The zero-order chi connectivity index (χ0) is 14.4. The van der Waals surface area contributed by atoms with Gasteiger partial charge in [-0.25, -0.2) is 0 Å².